The van der Waals surface area contributed by atoms with Gasteiger partial charge in [0, 0.05) is 43.3 Å². The molecule has 0 unspecified atom stereocenters. The van der Waals surface area contributed by atoms with Crippen molar-refractivity contribution in [2.45, 2.75) is 58.7 Å². The standard InChI is InChI=1S/C28H40FN5O4S/c1-19(2)18-33-14-15-34(39(33,37)38)21(4)28(36)32-26(17-22-8-6-5-7-9-22)25(30)16-20(3)27(35)31-24-12-10-23(29)11-13-24/h5-13,19-21,25-26H,14-18,30H2,1-4H3,(H,31,35)(H,32,36)/t20-,21+,25+,26+/m1/s1. The predicted molar refractivity (Wildman–Crippen MR) is 150 cm³/mol. The molecule has 1 saturated heterocycles. The van der Waals surface area contributed by atoms with Gasteiger partial charge >= 0.3 is 0 Å². The molecule has 0 bridgehead atoms. The van der Waals surface area contributed by atoms with Crippen molar-refractivity contribution in [2.24, 2.45) is 17.6 Å². The van der Waals surface area contributed by atoms with Gasteiger partial charge in [-0.1, -0.05) is 51.1 Å². The molecule has 0 aliphatic carbocycles. The van der Waals surface area contributed by atoms with Crippen LogP contribution in [0.15, 0.2) is 54.6 Å². The monoisotopic (exact) mass is 561 g/mol. The summed E-state index contributed by atoms with van der Waals surface area (Å²) in [6.07, 6.45) is 0.683. The molecular formula is C28H40FN5O4S. The minimum Gasteiger partial charge on any atom is -0.350 e. The normalized spacial score (nSPS) is 18.8. The number of benzene rings is 2. The maximum Gasteiger partial charge on any atom is 0.282 e. The molecule has 2 aromatic rings. The molecule has 4 atom stereocenters. The lowest BCUT2D eigenvalue weighted by Gasteiger charge is -2.30. The molecule has 39 heavy (non-hydrogen) atoms. The number of hydrogen-bond donors (Lipinski definition) is 3. The van der Waals surface area contributed by atoms with E-state index in [1.54, 1.807) is 13.8 Å². The minimum absolute atomic E-state index is 0.166. The molecule has 1 heterocycles. The SMILES string of the molecule is CC(C)CN1CCN([C@@H](C)C(=O)N[C@@H](Cc2ccccc2)[C@@H](N)C[C@@H](C)C(=O)Nc2ccc(F)cc2)S1(=O)=O. The maximum absolute atomic E-state index is 13.3. The highest BCUT2D eigenvalue weighted by Crippen LogP contribution is 2.22. The van der Waals surface area contributed by atoms with Gasteiger partial charge in [-0.2, -0.15) is 17.0 Å². The van der Waals surface area contributed by atoms with E-state index >= 15 is 0 Å². The first-order valence-corrected chi connectivity index (χ1v) is 14.7. The maximum atomic E-state index is 13.3. The van der Waals surface area contributed by atoms with Crippen LogP contribution in [0.3, 0.4) is 0 Å². The second-order valence-corrected chi connectivity index (χ2v) is 12.5. The van der Waals surface area contributed by atoms with Gasteiger partial charge in [-0.3, -0.25) is 9.59 Å². The van der Waals surface area contributed by atoms with E-state index in [1.165, 1.54) is 32.9 Å². The van der Waals surface area contributed by atoms with Crippen LogP contribution in [-0.4, -0.2) is 66.6 Å². The van der Waals surface area contributed by atoms with Gasteiger partial charge in [0.25, 0.3) is 10.2 Å². The molecule has 0 spiro atoms. The van der Waals surface area contributed by atoms with Crippen LogP contribution in [0.1, 0.15) is 39.7 Å². The third-order valence-corrected chi connectivity index (χ3v) is 8.98. The predicted octanol–water partition coefficient (Wildman–Crippen LogP) is 2.75. The molecule has 1 aliphatic rings. The van der Waals surface area contributed by atoms with Crippen LogP contribution >= 0.6 is 0 Å². The highest BCUT2D eigenvalue weighted by molar-refractivity contribution is 7.87. The Bertz CT molecular complexity index is 1210. The highest BCUT2D eigenvalue weighted by Gasteiger charge is 2.42. The van der Waals surface area contributed by atoms with E-state index < -0.39 is 46.0 Å². The second-order valence-electron chi connectivity index (χ2n) is 10.6. The lowest BCUT2D eigenvalue weighted by molar-refractivity contribution is -0.125. The van der Waals surface area contributed by atoms with Crippen LogP contribution in [0, 0.1) is 17.7 Å². The highest BCUT2D eigenvalue weighted by atomic mass is 32.2. The summed E-state index contributed by atoms with van der Waals surface area (Å²) >= 11 is 0. The van der Waals surface area contributed by atoms with Gasteiger partial charge in [0.15, 0.2) is 0 Å². The average Bonchev–Trinajstić information content (AvgIpc) is 3.17. The Morgan fingerprint density at radius 3 is 2.23 bits per heavy atom. The van der Waals surface area contributed by atoms with Crippen LogP contribution < -0.4 is 16.4 Å². The van der Waals surface area contributed by atoms with Crippen LogP contribution in [0.25, 0.3) is 0 Å². The molecule has 1 fully saturated rings. The van der Waals surface area contributed by atoms with Gasteiger partial charge < -0.3 is 16.4 Å². The quantitative estimate of drug-likeness (QED) is 0.368. The van der Waals surface area contributed by atoms with Gasteiger partial charge in [0.2, 0.25) is 11.8 Å². The smallest absolute Gasteiger partial charge is 0.282 e. The first-order valence-electron chi connectivity index (χ1n) is 13.3. The van der Waals surface area contributed by atoms with Crippen molar-refractivity contribution in [3.05, 3.63) is 66.0 Å². The number of hydrogen-bond acceptors (Lipinski definition) is 5. The van der Waals surface area contributed by atoms with Crippen molar-refractivity contribution in [2.75, 3.05) is 25.0 Å². The number of nitrogens with one attached hydrogen (secondary N) is 2. The largest absolute Gasteiger partial charge is 0.350 e. The van der Waals surface area contributed by atoms with Gasteiger partial charge in [-0.15, -0.1) is 0 Å². The molecule has 9 nitrogen and oxygen atoms in total. The molecule has 11 heteroatoms. The fourth-order valence-electron chi connectivity index (χ4n) is 4.67. The molecule has 0 radical (unpaired) electrons. The number of nitrogens with zero attached hydrogens (tertiary/aromatic N) is 2. The molecular weight excluding hydrogens is 521 g/mol. The minimum atomic E-state index is -3.75. The van der Waals surface area contributed by atoms with Crippen molar-refractivity contribution < 1.29 is 22.4 Å². The molecule has 3 rings (SSSR count). The Morgan fingerprint density at radius 1 is 0.974 bits per heavy atom. The number of anilines is 1. The van der Waals surface area contributed by atoms with Crippen LogP contribution in [0.2, 0.25) is 0 Å². The van der Waals surface area contributed by atoms with Crippen molar-refractivity contribution in [3.63, 3.8) is 0 Å². The zero-order chi connectivity index (χ0) is 28.7. The summed E-state index contributed by atoms with van der Waals surface area (Å²) in [6.45, 7) is 8.19. The van der Waals surface area contributed by atoms with E-state index in [0.29, 0.717) is 25.2 Å². The summed E-state index contributed by atoms with van der Waals surface area (Å²) in [5.41, 5.74) is 7.99. The summed E-state index contributed by atoms with van der Waals surface area (Å²) in [5, 5.41) is 5.73. The summed E-state index contributed by atoms with van der Waals surface area (Å²) in [5.74, 6) is -1.44. The van der Waals surface area contributed by atoms with E-state index in [1.807, 2.05) is 44.2 Å². The Morgan fingerprint density at radius 2 is 1.62 bits per heavy atom. The molecule has 0 saturated carbocycles. The lowest BCUT2D eigenvalue weighted by atomic mass is 9.92. The number of rotatable bonds is 12. The number of carbonyl (C=O) groups is 2. The van der Waals surface area contributed by atoms with Crippen molar-refractivity contribution in [1.82, 2.24) is 13.9 Å². The van der Waals surface area contributed by atoms with Gasteiger partial charge in [-0.05, 0) is 55.5 Å². The van der Waals surface area contributed by atoms with Crippen LogP contribution in [0.4, 0.5) is 10.1 Å². The fourth-order valence-corrected chi connectivity index (χ4v) is 6.57. The van der Waals surface area contributed by atoms with E-state index in [0.717, 1.165) is 5.56 Å². The van der Waals surface area contributed by atoms with E-state index in [9.17, 15) is 22.4 Å². The average molecular weight is 562 g/mol. The summed E-state index contributed by atoms with van der Waals surface area (Å²) in [6, 6.07) is 13.0. The number of halogens is 1. The van der Waals surface area contributed by atoms with Crippen molar-refractivity contribution >= 4 is 27.7 Å². The molecule has 4 N–H and O–H groups in total. The topological polar surface area (TPSA) is 125 Å². The summed E-state index contributed by atoms with van der Waals surface area (Å²) < 4.78 is 41.9. The molecule has 2 amide bonds. The first-order chi connectivity index (χ1) is 18.4. The Labute approximate surface area is 231 Å². The van der Waals surface area contributed by atoms with Gasteiger partial charge in [0.05, 0.1) is 0 Å². The first kappa shape index (κ1) is 30.7. The molecule has 214 valence electrons. The van der Waals surface area contributed by atoms with Crippen molar-refractivity contribution in [3.8, 4) is 0 Å². The Balaban J connectivity index is 1.70. The number of carbonyl (C=O) groups excluding carboxylic acids is 2. The van der Waals surface area contributed by atoms with Crippen LogP contribution in [-0.2, 0) is 26.2 Å². The second kappa shape index (κ2) is 13.5. The number of amides is 2. The summed E-state index contributed by atoms with van der Waals surface area (Å²) in [7, 11) is -3.75. The zero-order valence-corrected chi connectivity index (χ0v) is 23.8. The van der Waals surface area contributed by atoms with Gasteiger partial charge in [-0.25, -0.2) is 4.39 Å². The Kier molecular flexibility index (Phi) is 10.6. The van der Waals surface area contributed by atoms with Gasteiger partial charge in [0.1, 0.15) is 11.9 Å². The molecule has 1 aliphatic heterocycles. The molecule has 0 aromatic heterocycles. The van der Waals surface area contributed by atoms with Crippen LogP contribution in [0.5, 0.6) is 0 Å². The fraction of sp³-hybridized carbons (Fsp3) is 0.500. The Hall–Kier alpha value is -2.86. The van der Waals surface area contributed by atoms with Crippen molar-refractivity contribution in [1.29, 1.82) is 0 Å². The molecule has 2 aromatic carbocycles. The summed E-state index contributed by atoms with van der Waals surface area (Å²) in [4.78, 5) is 26.1. The van der Waals surface area contributed by atoms with E-state index in [-0.39, 0.29) is 24.8 Å². The number of nitrogens with two attached hydrogens (primary N) is 1. The lowest BCUT2D eigenvalue weighted by Crippen LogP contribution is -2.55. The van der Waals surface area contributed by atoms with E-state index in [2.05, 4.69) is 10.6 Å². The third-order valence-electron chi connectivity index (χ3n) is 6.90. The van der Waals surface area contributed by atoms with E-state index in [4.69, 9.17) is 5.73 Å². The zero-order valence-electron chi connectivity index (χ0n) is 23.0. The third kappa shape index (κ3) is 8.31.